The highest BCUT2D eigenvalue weighted by Crippen LogP contribution is 2.47. The van der Waals surface area contributed by atoms with E-state index in [4.69, 9.17) is 70.5 Å². The molecule has 2 aliphatic carbocycles. The fraction of sp³-hybridized carbons (Fsp3) is 0.508. The maximum atomic E-state index is 14.2. The minimum absolute atomic E-state index is 0. The molecule has 10 aromatic heterocycles. The molecule has 10 aromatic rings. The fourth-order valence-electron chi connectivity index (χ4n) is 13.7. The summed E-state index contributed by atoms with van der Waals surface area (Å²) in [5.41, 5.74) is 18.3. The Kier molecular flexibility index (Phi) is 14.2. The van der Waals surface area contributed by atoms with Crippen molar-refractivity contribution in [1.82, 2.24) is 98.2 Å². The summed E-state index contributed by atoms with van der Waals surface area (Å²) in [5.74, 6) is 7.77. The summed E-state index contributed by atoms with van der Waals surface area (Å²) in [4.78, 5) is 73.9. The second kappa shape index (κ2) is 21.8. The number of fused-ring (bicyclic) bond motifs is 12. The summed E-state index contributed by atoms with van der Waals surface area (Å²) in [6.45, 7) is 22.0. The number of hydrogen-bond donors (Lipinski definition) is 3. The number of nitrogen functional groups attached to an aromatic ring is 2. The van der Waals surface area contributed by atoms with Crippen LogP contribution in [0.5, 0.6) is 0 Å². The predicted octanol–water partition coefficient (Wildman–Crippen LogP) is 7.47. The van der Waals surface area contributed by atoms with Crippen molar-refractivity contribution >= 4 is 63.0 Å². The van der Waals surface area contributed by atoms with Crippen LogP contribution in [0.4, 0.5) is 33.9 Å². The zero-order chi connectivity index (χ0) is 61.4. The Labute approximate surface area is 518 Å². The van der Waals surface area contributed by atoms with Crippen LogP contribution in [0.2, 0.25) is 0 Å². The molecule has 29 heteroatoms. The monoisotopic (exact) mass is 1220 g/mol. The zero-order valence-corrected chi connectivity index (χ0v) is 51.2. The van der Waals surface area contributed by atoms with Gasteiger partial charge in [-0.3, -0.25) is 4.68 Å². The highest BCUT2D eigenvalue weighted by Gasteiger charge is 2.48. The molecule has 90 heavy (non-hydrogen) atoms. The zero-order valence-electron chi connectivity index (χ0n) is 51.2. The molecule has 3 saturated heterocycles. The molecule has 2 unspecified atom stereocenters. The largest absolute Gasteiger partial charge is 0.368 e. The number of aromatic nitrogens is 20. The van der Waals surface area contributed by atoms with E-state index < -0.39 is 23.0 Å². The molecule has 16 heterocycles. The third-order valence-electron chi connectivity index (χ3n) is 18.2. The van der Waals surface area contributed by atoms with Gasteiger partial charge in [-0.15, -0.1) is 0 Å². The molecule has 0 amide bonds. The van der Waals surface area contributed by atoms with Crippen molar-refractivity contribution in [2.75, 3.05) is 66.5 Å². The Morgan fingerprint density at radius 1 is 0.556 bits per heavy atom. The smallest absolute Gasteiger partial charge is 0.222 e. The maximum absolute atomic E-state index is 14.2. The standard InChI is InChI=1S/C20H23FN8O.C20H23N9O.C20H24N8O.CH4/c1-20(2)18-25-14-16(28(18)3-4-30-20)26-15(11-7-23-19(22)24-8-11)27-17(14)29-9-10-5-12(29)6-13(10)21;1-11(2)29-13(5-6-24-29)14-15-17(28-7-8-30-20(3,4)18(28)26-15)27-16(25-14)12-9-22-19(21)23-10-12;1-20(2)18-24-14-16(27(18)4-5-29-20)25-15(12-8-22-19(21-3)23-9-12)26-17(14)28-10-11-6-13(28)7-11;/h7-8,10,12-13H,3-6,9H2,1-2H3,(H2,22,23,24);5-6,9-11H,7-8H2,1-4H3,(H2,21,22,23);8-9,11,13H,4-7,10H2,1-3H3,(H,21,22,23);1H4/t10?,12?,13-;;;/m0.../s1. The van der Waals surface area contributed by atoms with Crippen molar-refractivity contribution in [3.8, 4) is 45.6 Å². The van der Waals surface area contributed by atoms with E-state index in [-0.39, 0.29) is 37.3 Å². The van der Waals surface area contributed by atoms with Gasteiger partial charge in [-0.05, 0) is 93.1 Å². The molecule has 5 fully saturated rings. The molecule has 0 aromatic carbocycles. The number of halogens is 1. The summed E-state index contributed by atoms with van der Waals surface area (Å²) in [7, 11) is 1.80. The number of nitrogens with two attached hydrogens (primary N) is 2. The van der Waals surface area contributed by atoms with E-state index in [9.17, 15) is 4.39 Å². The normalized spacial score (nSPS) is 22.1. The third kappa shape index (κ3) is 9.90. The van der Waals surface area contributed by atoms with Crippen LogP contribution in [0, 0.1) is 11.8 Å². The Balaban J connectivity index is 0.000000117. The van der Waals surface area contributed by atoms with Crippen molar-refractivity contribution in [2.24, 2.45) is 11.8 Å². The lowest BCUT2D eigenvalue weighted by Crippen LogP contribution is -2.37. The maximum Gasteiger partial charge on any atom is 0.222 e. The Morgan fingerprint density at radius 2 is 0.989 bits per heavy atom. The van der Waals surface area contributed by atoms with E-state index in [1.165, 1.54) is 12.8 Å². The summed E-state index contributed by atoms with van der Waals surface area (Å²) < 4.78 is 40.4. The highest BCUT2D eigenvalue weighted by atomic mass is 19.1. The van der Waals surface area contributed by atoms with Gasteiger partial charge in [0.2, 0.25) is 17.8 Å². The molecule has 0 radical (unpaired) electrons. The lowest BCUT2D eigenvalue weighted by molar-refractivity contribution is -0.0532. The number of piperidine rings is 1. The Morgan fingerprint density at radius 3 is 1.41 bits per heavy atom. The van der Waals surface area contributed by atoms with Crippen LogP contribution in [0.1, 0.15) is 112 Å². The third-order valence-corrected chi connectivity index (χ3v) is 18.2. The molecule has 468 valence electrons. The summed E-state index contributed by atoms with van der Waals surface area (Å²) in [6, 6.07) is 2.82. The lowest BCUT2D eigenvalue weighted by Gasteiger charge is -2.30. The highest BCUT2D eigenvalue weighted by molar-refractivity contribution is 5.90. The van der Waals surface area contributed by atoms with Gasteiger partial charge in [0.25, 0.3) is 0 Å². The second-order valence-electron chi connectivity index (χ2n) is 25.6. The number of imidazole rings is 3. The van der Waals surface area contributed by atoms with Crippen LogP contribution in [0.3, 0.4) is 0 Å². The average Bonchev–Trinajstić information content (AvgIpc) is 1.59. The van der Waals surface area contributed by atoms with Crippen LogP contribution < -0.4 is 26.6 Å². The molecule has 8 aliphatic rings. The van der Waals surface area contributed by atoms with E-state index in [0.29, 0.717) is 86.5 Å². The fourth-order valence-corrected chi connectivity index (χ4v) is 13.7. The molecule has 5 N–H and O–H groups in total. The number of alkyl halides is 1. The lowest BCUT2D eigenvalue weighted by atomic mass is 9.86. The van der Waals surface area contributed by atoms with Crippen molar-refractivity contribution < 1.29 is 18.6 Å². The predicted molar refractivity (Wildman–Crippen MR) is 335 cm³/mol. The molecule has 3 atom stereocenters. The Hall–Kier alpha value is -9.09. The van der Waals surface area contributed by atoms with E-state index in [2.05, 4.69) is 91.5 Å². The van der Waals surface area contributed by atoms with Gasteiger partial charge >= 0.3 is 0 Å². The number of anilines is 5. The van der Waals surface area contributed by atoms with Gasteiger partial charge in [-0.25, -0.2) is 79.2 Å². The molecule has 4 bridgehead atoms. The van der Waals surface area contributed by atoms with E-state index in [0.717, 1.165) is 105 Å². The van der Waals surface area contributed by atoms with Gasteiger partial charge in [0.1, 0.15) is 51.7 Å². The molecular formula is C61H74FN25O3. The van der Waals surface area contributed by atoms with Crippen molar-refractivity contribution in [3.63, 3.8) is 0 Å². The van der Waals surface area contributed by atoms with Crippen LogP contribution in [-0.4, -0.2) is 156 Å². The quantitative estimate of drug-likeness (QED) is 0.133. The SMILES string of the molecule is C.CC(C)n1nccc1-c1nc(-c2cnc(N)nc2)nc2c1nc1n2CCOC1(C)C.CC1(C)OCCn2c1nc1c(N3CC4CC3C[C@@H]4F)nc(-c3cnc(N)nc3)nc12.CNc1ncc(-c2nc(N3CC4CC3C4)c3nc4n(c3n2)CCOC4(C)C)cn1. The summed E-state index contributed by atoms with van der Waals surface area (Å²) >= 11 is 0. The van der Waals surface area contributed by atoms with Gasteiger partial charge < -0.3 is 54.5 Å². The van der Waals surface area contributed by atoms with Gasteiger partial charge in [0.05, 0.1) is 42.2 Å². The molecular weight excluding hydrogens is 1150 g/mol. The minimum atomic E-state index is -0.726. The number of nitrogens with zero attached hydrogens (tertiary/aromatic N) is 22. The first kappa shape index (κ1) is 58.6. The first-order valence-electron chi connectivity index (χ1n) is 30.4. The first-order valence-corrected chi connectivity index (χ1v) is 30.4. The molecule has 2 saturated carbocycles. The first-order chi connectivity index (χ1) is 42.8. The summed E-state index contributed by atoms with van der Waals surface area (Å²) in [5, 5.41) is 7.43. The van der Waals surface area contributed by atoms with Crippen molar-refractivity contribution in [2.45, 2.75) is 149 Å². The van der Waals surface area contributed by atoms with Crippen LogP contribution in [0.15, 0.2) is 49.4 Å². The van der Waals surface area contributed by atoms with Gasteiger partial charge in [0.15, 0.2) is 57.1 Å². The molecule has 0 spiro atoms. The molecule has 28 nitrogen and oxygen atoms in total. The molecule has 18 rings (SSSR count). The van der Waals surface area contributed by atoms with Crippen LogP contribution >= 0.6 is 0 Å². The van der Waals surface area contributed by atoms with E-state index in [1.54, 1.807) is 50.4 Å². The number of hydrogen-bond acceptors (Lipinski definition) is 24. The van der Waals surface area contributed by atoms with Crippen molar-refractivity contribution in [1.29, 1.82) is 0 Å². The van der Waals surface area contributed by atoms with Gasteiger partial charge in [-0.1, -0.05) is 7.43 Å². The summed E-state index contributed by atoms with van der Waals surface area (Å²) in [6.07, 6.45) is 15.0. The van der Waals surface area contributed by atoms with Gasteiger partial charge in [-0.2, -0.15) is 5.10 Å². The average molecular weight is 1220 g/mol. The van der Waals surface area contributed by atoms with Crippen molar-refractivity contribution in [3.05, 3.63) is 66.9 Å². The van der Waals surface area contributed by atoms with E-state index >= 15 is 0 Å². The van der Waals surface area contributed by atoms with Crippen LogP contribution in [0.25, 0.3) is 79.0 Å². The number of rotatable bonds is 8. The second-order valence-corrected chi connectivity index (χ2v) is 25.6. The topological polar surface area (TPSA) is 324 Å². The van der Waals surface area contributed by atoms with Crippen LogP contribution in [-0.2, 0) is 50.6 Å². The number of ether oxygens (including phenoxy) is 3. The molecule has 6 aliphatic heterocycles. The Bertz CT molecular complexity index is 4360. The number of nitrogens with one attached hydrogen (secondary N) is 1. The minimum Gasteiger partial charge on any atom is -0.368 e. The van der Waals surface area contributed by atoms with Gasteiger partial charge in [0, 0.05) is 107 Å². The van der Waals surface area contributed by atoms with E-state index in [1.807, 2.05) is 38.4 Å².